The fourth-order valence-electron chi connectivity index (χ4n) is 2.47. The maximum atomic E-state index is 13.2. The molecule has 0 fully saturated rings. The van der Waals surface area contributed by atoms with Gasteiger partial charge in [0.15, 0.2) is 18.0 Å². The van der Waals surface area contributed by atoms with Crippen LogP contribution in [0, 0.1) is 0 Å². The number of halogens is 1. The average Bonchev–Trinajstić information content (AvgIpc) is 2.65. The lowest BCUT2D eigenvalue weighted by Crippen LogP contribution is -2.42. The van der Waals surface area contributed by atoms with E-state index >= 15 is 0 Å². The Labute approximate surface area is 155 Å². The minimum atomic E-state index is -1.49. The van der Waals surface area contributed by atoms with Crippen molar-refractivity contribution in [3.05, 3.63) is 64.1 Å². The number of hydrogen-bond donors (Lipinski definition) is 0. The minimum absolute atomic E-state index is 0.221. The molecular weight excluding hydrogens is 388 g/mol. The zero-order chi connectivity index (χ0) is 18.4. The van der Waals surface area contributed by atoms with Gasteiger partial charge >= 0.3 is 5.97 Å². The molecule has 1 unspecified atom stereocenters. The SMILES string of the molecule is COCOC(=O)C(C)(C(=O)c1ccc(OC)c(Br)c1)c1ccccc1. The van der Waals surface area contributed by atoms with Crippen LogP contribution in [-0.2, 0) is 19.7 Å². The molecule has 0 spiro atoms. The molecule has 0 amide bonds. The molecule has 0 aliphatic heterocycles. The van der Waals surface area contributed by atoms with Crippen LogP contribution in [0.5, 0.6) is 5.75 Å². The Balaban J connectivity index is 2.50. The van der Waals surface area contributed by atoms with Crippen LogP contribution in [-0.4, -0.2) is 32.8 Å². The highest BCUT2D eigenvalue weighted by atomic mass is 79.9. The standard InChI is InChI=1S/C19H19BrO5/c1-19(18(22)25-12-23-2,14-7-5-4-6-8-14)17(21)13-9-10-16(24-3)15(20)11-13/h4-11H,12H2,1-3H3. The van der Waals surface area contributed by atoms with Crippen molar-refractivity contribution in [1.82, 2.24) is 0 Å². The molecular formula is C19H19BrO5. The van der Waals surface area contributed by atoms with E-state index in [4.69, 9.17) is 14.2 Å². The van der Waals surface area contributed by atoms with Gasteiger partial charge in [0, 0.05) is 12.7 Å². The number of carbonyl (C=O) groups excluding carboxylic acids is 2. The van der Waals surface area contributed by atoms with Crippen molar-refractivity contribution in [2.24, 2.45) is 0 Å². The molecule has 2 aromatic rings. The third-order valence-corrected chi connectivity index (χ3v) is 4.56. The summed E-state index contributed by atoms with van der Waals surface area (Å²) in [7, 11) is 2.95. The van der Waals surface area contributed by atoms with E-state index in [1.165, 1.54) is 14.2 Å². The number of benzene rings is 2. The number of methoxy groups -OCH3 is 2. The van der Waals surface area contributed by atoms with Gasteiger partial charge in [0.25, 0.3) is 0 Å². The Bertz CT molecular complexity index is 760. The van der Waals surface area contributed by atoms with Gasteiger partial charge in [0.05, 0.1) is 11.6 Å². The molecule has 0 aliphatic rings. The molecule has 0 bridgehead atoms. The van der Waals surface area contributed by atoms with Crippen molar-refractivity contribution in [2.45, 2.75) is 12.3 Å². The average molecular weight is 407 g/mol. The largest absolute Gasteiger partial charge is 0.496 e. The predicted octanol–water partition coefficient (Wildman–Crippen LogP) is 3.75. The van der Waals surface area contributed by atoms with Crippen molar-refractivity contribution in [3.8, 4) is 5.75 Å². The first-order valence-electron chi connectivity index (χ1n) is 7.55. The van der Waals surface area contributed by atoms with Crippen molar-refractivity contribution in [2.75, 3.05) is 21.0 Å². The van der Waals surface area contributed by atoms with Gasteiger partial charge < -0.3 is 14.2 Å². The van der Waals surface area contributed by atoms with Crippen LogP contribution in [0.3, 0.4) is 0 Å². The number of Topliss-reactive ketones (excluding diaryl/α,β-unsaturated/α-hetero) is 1. The Kier molecular flexibility index (Phi) is 6.33. The number of carbonyl (C=O) groups is 2. The number of esters is 1. The summed E-state index contributed by atoms with van der Waals surface area (Å²) in [5, 5.41) is 0. The third-order valence-electron chi connectivity index (χ3n) is 3.94. The van der Waals surface area contributed by atoms with Gasteiger partial charge in [0.2, 0.25) is 0 Å². The fraction of sp³-hybridized carbons (Fsp3) is 0.263. The van der Waals surface area contributed by atoms with Crippen LogP contribution in [0.4, 0.5) is 0 Å². The molecule has 25 heavy (non-hydrogen) atoms. The summed E-state index contributed by atoms with van der Waals surface area (Å²) < 4.78 is 15.7. The molecule has 2 rings (SSSR count). The maximum Gasteiger partial charge on any atom is 0.326 e. The molecule has 0 saturated heterocycles. The summed E-state index contributed by atoms with van der Waals surface area (Å²) in [6.45, 7) is 1.33. The van der Waals surface area contributed by atoms with E-state index in [-0.39, 0.29) is 12.6 Å². The highest BCUT2D eigenvalue weighted by Crippen LogP contribution is 2.33. The first-order chi connectivity index (χ1) is 11.9. The molecule has 132 valence electrons. The van der Waals surface area contributed by atoms with Gasteiger partial charge in [-0.3, -0.25) is 9.59 Å². The first-order valence-corrected chi connectivity index (χ1v) is 8.34. The minimum Gasteiger partial charge on any atom is -0.496 e. The Morgan fingerprint density at radius 1 is 1.08 bits per heavy atom. The molecule has 0 N–H and O–H groups in total. The third kappa shape index (κ3) is 3.91. The molecule has 0 radical (unpaired) electrons. The van der Waals surface area contributed by atoms with Crippen LogP contribution in [0.15, 0.2) is 53.0 Å². The monoisotopic (exact) mass is 406 g/mol. The molecule has 0 heterocycles. The molecule has 1 atom stereocenters. The van der Waals surface area contributed by atoms with Gasteiger partial charge in [-0.05, 0) is 46.6 Å². The summed E-state index contributed by atoms with van der Waals surface area (Å²) in [5.41, 5.74) is -0.574. The summed E-state index contributed by atoms with van der Waals surface area (Å²) in [6, 6.07) is 13.7. The van der Waals surface area contributed by atoms with Crippen molar-refractivity contribution in [1.29, 1.82) is 0 Å². The lowest BCUT2D eigenvalue weighted by atomic mass is 9.76. The van der Waals surface area contributed by atoms with E-state index in [0.29, 0.717) is 21.3 Å². The molecule has 0 aliphatic carbocycles. The summed E-state index contributed by atoms with van der Waals surface area (Å²) in [6.07, 6.45) is 0. The second kappa shape index (κ2) is 8.27. The smallest absolute Gasteiger partial charge is 0.326 e. The molecule has 0 aromatic heterocycles. The lowest BCUT2D eigenvalue weighted by Gasteiger charge is -2.26. The second-order valence-electron chi connectivity index (χ2n) is 5.51. The van der Waals surface area contributed by atoms with Gasteiger partial charge in [-0.15, -0.1) is 0 Å². The summed E-state index contributed by atoms with van der Waals surface area (Å²) >= 11 is 3.36. The number of ether oxygens (including phenoxy) is 3. The Morgan fingerprint density at radius 2 is 1.76 bits per heavy atom. The quantitative estimate of drug-likeness (QED) is 0.303. The predicted molar refractivity (Wildman–Crippen MR) is 96.8 cm³/mol. The maximum absolute atomic E-state index is 13.2. The molecule has 2 aromatic carbocycles. The number of hydrogen-bond acceptors (Lipinski definition) is 5. The Morgan fingerprint density at radius 3 is 2.32 bits per heavy atom. The van der Waals surface area contributed by atoms with Crippen LogP contribution in [0.2, 0.25) is 0 Å². The van der Waals surface area contributed by atoms with Crippen LogP contribution < -0.4 is 4.74 Å². The normalized spacial score (nSPS) is 13.0. The fourth-order valence-corrected chi connectivity index (χ4v) is 3.01. The zero-order valence-corrected chi connectivity index (χ0v) is 15.8. The van der Waals surface area contributed by atoms with Gasteiger partial charge in [-0.25, -0.2) is 0 Å². The van der Waals surface area contributed by atoms with E-state index in [2.05, 4.69) is 15.9 Å². The lowest BCUT2D eigenvalue weighted by molar-refractivity contribution is -0.158. The number of rotatable bonds is 7. The van der Waals surface area contributed by atoms with E-state index in [9.17, 15) is 9.59 Å². The molecule has 5 nitrogen and oxygen atoms in total. The first kappa shape index (κ1) is 19.1. The highest BCUT2D eigenvalue weighted by Gasteiger charge is 2.44. The second-order valence-corrected chi connectivity index (χ2v) is 6.36. The molecule has 6 heteroatoms. The summed E-state index contributed by atoms with van der Waals surface area (Å²) in [4.78, 5) is 25.9. The van der Waals surface area contributed by atoms with Crippen LogP contribution >= 0.6 is 15.9 Å². The van der Waals surface area contributed by atoms with E-state index in [1.54, 1.807) is 49.4 Å². The van der Waals surface area contributed by atoms with Crippen molar-refractivity contribution >= 4 is 27.7 Å². The van der Waals surface area contributed by atoms with Crippen LogP contribution in [0.25, 0.3) is 0 Å². The summed E-state index contributed by atoms with van der Waals surface area (Å²) in [5.74, 6) is -0.444. The van der Waals surface area contributed by atoms with Gasteiger partial charge in [-0.1, -0.05) is 30.3 Å². The van der Waals surface area contributed by atoms with E-state index in [1.807, 2.05) is 6.07 Å². The van der Waals surface area contributed by atoms with Crippen LogP contribution in [0.1, 0.15) is 22.8 Å². The molecule has 0 saturated carbocycles. The Hall–Kier alpha value is -2.18. The topological polar surface area (TPSA) is 61.8 Å². The van der Waals surface area contributed by atoms with Crippen molar-refractivity contribution in [3.63, 3.8) is 0 Å². The highest BCUT2D eigenvalue weighted by molar-refractivity contribution is 9.10. The van der Waals surface area contributed by atoms with E-state index in [0.717, 1.165) is 0 Å². The number of ketones is 1. The van der Waals surface area contributed by atoms with Gasteiger partial charge in [0.1, 0.15) is 5.75 Å². The van der Waals surface area contributed by atoms with E-state index < -0.39 is 11.4 Å². The zero-order valence-electron chi connectivity index (χ0n) is 14.2. The van der Waals surface area contributed by atoms with Crippen molar-refractivity contribution < 1.29 is 23.8 Å². The van der Waals surface area contributed by atoms with Gasteiger partial charge in [-0.2, -0.15) is 0 Å².